The largest absolute Gasteiger partial charge is 0.377 e. The summed E-state index contributed by atoms with van der Waals surface area (Å²) in [5.74, 6) is -0.208. The highest BCUT2D eigenvalue weighted by atomic mass is 16.5. The summed E-state index contributed by atoms with van der Waals surface area (Å²) < 4.78 is 5.69. The Morgan fingerprint density at radius 1 is 1.33 bits per heavy atom. The van der Waals surface area contributed by atoms with E-state index in [9.17, 15) is 10.1 Å². The molecular weight excluding hydrogens is 338 g/mol. The summed E-state index contributed by atoms with van der Waals surface area (Å²) in [6.07, 6.45) is 2.56. The molecule has 27 heavy (non-hydrogen) atoms. The first kappa shape index (κ1) is 19.1. The van der Waals surface area contributed by atoms with Crippen molar-refractivity contribution in [3.05, 3.63) is 64.7 Å². The van der Waals surface area contributed by atoms with Crippen LogP contribution >= 0.6 is 0 Å². The number of likely N-dealkylation sites (N-methyl/N-ethyl adjacent to an activating group) is 1. The number of benzene rings is 2. The van der Waals surface area contributed by atoms with E-state index >= 15 is 0 Å². The first-order chi connectivity index (χ1) is 13.1. The van der Waals surface area contributed by atoms with Crippen molar-refractivity contribution in [2.24, 2.45) is 0 Å². The zero-order valence-corrected chi connectivity index (χ0v) is 15.9. The Hall–Kier alpha value is -2.68. The van der Waals surface area contributed by atoms with Gasteiger partial charge >= 0.3 is 0 Å². The molecule has 0 aromatic heterocycles. The highest BCUT2D eigenvalue weighted by Gasteiger charge is 2.17. The van der Waals surface area contributed by atoms with E-state index in [4.69, 9.17) is 4.74 Å². The summed E-state index contributed by atoms with van der Waals surface area (Å²) >= 11 is 0. The van der Waals surface area contributed by atoms with Crippen LogP contribution in [0.3, 0.4) is 0 Å². The lowest BCUT2D eigenvalue weighted by Gasteiger charge is -2.20. The number of aryl methyl sites for hydroxylation is 1. The average Bonchev–Trinajstić information content (AvgIpc) is 3.15. The lowest BCUT2D eigenvalue weighted by molar-refractivity contribution is 0.0793. The number of nitrogens with zero attached hydrogens (tertiary/aromatic N) is 2. The molecule has 5 nitrogen and oxygen atoms in total. The summed E-state index contributed by atoms with van der Waals surface area (Å²) in [5, 5.41) is 12.2. The van der Waals surface area contributed by atoms with Gasteiger partial charge in [0.05, 0.1) is 17.4 Å². The molecule has 1 saturated heterocycles. The van der Waals surface area contributed by atoms with Gasteiger partial charge in [-0.05, 0) is 56.1 Å². The third-order valence-corrected chi connectivity index (χ3v) is 4.81. The molecule has 0 unspecified atom stereocenters. The van der Waals surface area contributed by atoms with Gasteiger partial charge in [0.25, 0.3) is 5.91 Å². The van der Waals surface area contributed by atoms with Crippen molar-refractivity contribution < 1.29 is 9.53 Å². The molecule has 1 aliphatic rings. The zero-order valence-electron chi connectivity index (χ0n) is 15.9. The van der Waals surface area contributed by atoms with Gasteiger partial charge in [-0.2, -0.15) is 5.26 Å². The molecule has 2 aromatic rings. The van der Waals surface area contributed by atoms with Gasteiger partial charge in [-0.15, -0.1) is 0 Å². The minimum Gasteiger partial charge on any atom is -0.377 e. The minimum absolute atomic E-state index is 0.208. The fourth-order valence-electron chi connectivity index (χ4n) is 3.44. The van der Waals surface area contributed by atoms with Gasteiger partial charge in [-0.1, -0.05) is 24.3 Å². The van der Waals surface area contributed by atoms with E-state index < -0.39 is 0 Å². The average molecular weight is 363 g/mol. The lowest BCUT2D eigenvalue weighted by Crippen LogP contribution is -2.28. The van der Waals surface area contributed by atoms with Crippen LogP contribution in [0.5, 0.6) is 0 Å². The molecule has 3 rings (SSSR count). The summed E-state index contributed by atoms with van der Waals surface area (Å²) in [7, 11) is 2.07. The lowest BCUT2D eigenvalue weighted by atomic mass is 10.1. The Bertz CT molecular complexity index is 851. The van der Waals surface area contributed by atoms with Crippen molar-refractivity contribution in [3.8, 4) is 6.07 Å². The Kier molecular flexibility index (Phi) is 6.23. The molecule has 2 aromatic carbocycles. The van der Waals surface area contributed by atoms with E-state index in [2.05, 4.69) is 23.3 Å². The number of nitrogens with one attached hydrogen (secondary N) is 1. The van der Waals surface area contributed by atoms with Crippen LogP contribution in [0.2, 0.25) is 0 Å². The van der Waals surface area contributed by atoms with Gasteiger partial charge in [0.2, 0.25) is 0 Å². The smallest absolute Gasteiger partial charge is 0.255 e. The number of hydrogen-bond donors (Lipinski definition) is 1. The van der Waals surface area contributed by atoms with E-state index in [1.807, 2.05) is 37.3 Å². The molecule has 1 fully saturated rings. The second-order valence-corrected chi connectivity index (χ2v) is 7.10. The summed E-state index contributed by atoms with van der Waals surface area (Å²) in [5.41, 5.74) is 3.55. The Morgan fingerprint density at radius 3 is 2.89 bits per heavy atom. The monoisotopic (exact) mass is 363 g/mol. The fraction of sp³-hybridized carbons (Fsp3) is 0.364. The van der Waals surface area contributed by atoms with Crippen LogP contribution in [0.4, 0.5) is 5.69 Å². The quantitative estimate of drug-likeness (QED) is 0.849. The van der Waals surface area contributed by atoms with E-state index in [1.165, 1.54) is 0 Å². The molecule has 1 amide bonds. The van der Waals surface area contributed by atoms with Crippen molar-refractivity contribution >= 4 is 11.6 Å². The van der Waals surface area contributed by atoms with Gasteiger partial charge in [-0.25, -0.2) is 0 Å². The fourth-order valence-corrected chi connectivity index (χ4v) is 3.44. The molecule has 5 heteroatoms. The molecule has 1 N–H and O–H groups in total. The van der Waals surface area contributed by atoms with Crippen molar-refractivity contribution in [1.29, 1.82) is 5.26 Å². The SMILES string of the molecule is Cc1cccc(NC(=O)c2cccc(CN(C)C[C@@H]3CCCO3)c2)c1C#N. The standard InChI is InChI=1S/C22H25N3O2/c1-16-6-3-10-21(20(16)13-23)24-22(26)18-8-4-7-17(12-18)14-25(2)15-19-9-5-11-27-19/h3-4,6-8,10,12,19H,5,9,11,14-15H2,1-2H3,(H,24,26)/t19-/m0/s1. The van der Waals surface area contributed by atoms with Gasteiger partial charge in [-0.3, -0.25) is 9.69 Å². The molecule has 1 atom stereocenters. The number of nitriles is 1. The van der Waals surface area contributed by atoms with Crippen molar-refractivity contribution in [3.63, 3.8) is 0 Å². The van der Waals surface area contributed by atoms with Crippen LogP contribution in [0.15, 0.2) is 42.5 Å². The highest BCUT2D eigenvalue weighted by molar-refractivity contribution is 6.05. The Labute approximate surface area is 160 Å². The number of anilines is 1. The number of amides is 1. The van der Waals surface area contributed by atoms with Gasteiger partial charge in [0.15, 0.2) is 0 Å². The number of carbonyl (C=O) groups excluding carboxylic acids is 1. The van der Waals surface area contributed by atoms with E-state index in [0.717, 1.165) is 43.7 Å². The molecular formula is C22H25N3O2. The predicted molar refractivity (Wildman–Crippen MR) is 106 cm³/mol. The van der Waals surface area contributed by atoms with Crippen LogP contribution in [0.1, 0.15) is 39.9 Å². The van der Waals surface area contributed by atoms with Crippen LogP contribution in [-0.2, 0) is 11.3 Å². The van der Waals surface area contributed by atoms with E-state index in [0.29, 0.717) is 22.9 Å². The molecule has 0 spiro atoms. The second-order valence-electron chi connectivity index (χ2n) is 7.10. The van der Waals surface area contributed by atoms with Crippen LogP contribution in [0.25, 0.3) is 0 Å². The maximum atomic E-state index is 12.7. The van der Waals surface area contributed by atoms with Crippen molar-refractivity contribution in [2.75, 3.05) is 25.5 Å². The number of hydrogen-bond acceptors (Lipinski definition) is 4. The second kappa shape index (κ2) is 8.81. The maximum Gasteiger partial charge on any atom is 0.255 e. The molecule has 0 radical (unpaired) electrons. The highest BCUT2D eigenvalue weighted by Crippen LogP contribution is 2.20. The molecule has 0 aliphatic carbocycles. The van der Waals surface area contributed by atoms with Gasteiger partial charge < -0.3 is 10.1 Å². The molecule has 140 valence electrons. The maximum absolute atomic E-state index is 12.7. The third kappa shape index (κ3) is 4.94. The van der Waals surface area contributed by atoms with Crippen LogP contribution in [0, 0.1) is 18.3 Å². The summed E-state index contributed by atoms with van der Waals surface area (Å²) in [6, 6.07) is 15.2. The number of carbonyl (C=O) groups is 1. The van der Waals surface area contributed by atoms with E-state index in [-0.39, 0.29) is 5.91 Å². The zero-order chi connectivity index (χ0) is 19.2. The Balaban J connectivity index is 1.67. The van der Waals surface area contributed by atoms with Crippen molar-refractivity contribution in [2.45, 2.75) is 32.4 Å². The number of ether oxygens (including phenoxy) is 1. The first-order valence-corrected chi connectivity index (χ1v) is 9.27. The summed E-state index contributed by atoms with van der Waals surface area (Å²) in [6.45, 7) is 4.37. The van der Waals surface area contributed by atoms with Crippen LogP contribution < -0.4 is 5.32 Å². The molecule has 0 bridgehead atoms. The molecule has 1 aliphatic heterocycles. The third-order valence-electron chi connectivity index (χ3n) is 4.81. The van der Waals surface area contributed by atoms with Crippen LogP contribution in [-0.4, -0.2) is 37.1 Å². The molecule has 1 heterocycles. The van der Waals surface area contributed by atoms with E-state index in [1.54, 1.807) is 12.1 Å². The normalized spacial score (nSPS) is 16.3. The first-order valence-electron chi connectivity index (χ1n) is 9.27. The van der Waals surface area contributed by atoms with Gasteiger partial charge in [0.1, 0.15) is 6.07 Å². The topological polar surface area (TPSA) is 65.4 Å². The predicted octanol–water partition coefficient (Wildman–Crippen LogP) is 3.73. The van der Waals surface area contributed by atoms with Crippen molar-refractivity contribution in [1.82, 2.24) is 4.90 Å². The summed E-state index contributed by atoms with van der Waals surface area (Å²) in [4.78, 5) is 14.9. The number of rotatable bonds is 6. The van der Waals surface area contributed by atoms with Gasteiger partial charge in [0, 0.05) is 25.3 Å². The Morgan fingerprint density at radius 2 is 2.15 bits per heavy atom. The minimum atomic E-state index is -0.208. The molecule has 0 saturated carbocycles.